The Kier molecular flexibility index (Phi) is 4.84. The fourth-order valence-corrected chi connectivity index (χ4v) is 2.90. The van der Waals surface area contributed by atoms with E-state index in [4.69, 9.17) is 0 Å². The molecule has 0 amide bonds. The number of hydrogen-bond donors (Lipinski definition) is 1. The van der Waals surface area contributed by atoms with E-state index in [-0.39, 0.29) is 5.41 Å². The number of rotatable bonds is 4. The number of aryl methyl sites for hydroxylation is 2. The van der Waals surface area contributed by atoms with Gasteiger partial charge in [0, 0.05) is 12.6 Å². The molecule has 0 spiro atoms. The summed E-state index contributed by atoms with van der Waals surface area (Å²) in [6.07, 6.45) is 0. The first-order valence-electron chi connectivity index (χ1n) is 7.73. The molecule has 0 aliphatic heterocycles. The fraction of sp³-hybridized carbons (Fsp3) is 0.400. The number of nitrogens with one attached hydrogen (secondary N) is 1. The van der Waals surface area contributed by atoms with Crippen molar-refractivity contribution in [2.75, 3.05) is 0 Å². The topological polar surface area (TPSA) is 12.0 Å². The van der Waals surface area contributed by atoms with Crippen LogP contribution in [0.5, 0.6) is 0 Å². The minimum atomic E-state index is 0.179. The molecule has 1 heteroatoms. The van der Waals surface area contributed by atoms with Crippen molar-refractivity contribution < 1.29 is 0 Å². The van der Waals surface area contributed by atoms with Crippen LogP contribution in [0.4, 0.5) is 0 Å². The van der Waals surface area contributed by atoms with Crippen LogP contribution in [0.15, 0.2) is 48.5 Å². The maximum Gasteiger partial charge on any atom is 0.0372 e. The van der Waals surface area contributed by atoms with E-state index in [1.165, 1.54) is 22.3 Å². The molecule has 21 heavy (non-hydrogen) atoms. The molecule has 2 rings (SSSR count). The van der Waals surface area contributed by atoms with E-state index in [9.17, 15) is 0 Å². The Morgan fingerprint density at radius 2 is 1.43 bits per heavy atom. The van der Waals surface area contributed by atoms with E-state index in [2.05, 4.69) is 88.5 Å². The molecule has 0 aliphatic carbocycles. The van der Waals surface area contributed by atoms with E-state index in [0.717, 1.165) is 6.54 Å². The molecule has 0 saturated carbocycles. The van der Waals surface area contributed by atoms with Gasteiger partial charge in [-0.2, -0.15) is 0 Å². The highest BCUT2D eigenvalue weighted by Gasteiger charge is 2.25. The maximum absolute atomic E-state index is 3.77. The van der Waals surface area contributed by atoms with Crippen LogP contribution < -0.4 is 5.32 Å². The van der Waals surface area contributed by atoms with Crippen molar-refractivity contribution in [2.45, 2.75) is 47.2 Å². The largest absolute Gasteiger partial charge is 0.305 e. The summed E-state index contributed by atoms with van der Waals surface area (Å²) in [5, 5.41) is 3.77. The molecular weight excluding hydrogens is 254 g/mol. The third kappa shape index (κ3) is 3.95. The Labute approximate surface area is 129 Å². The van der Waals surface area contributed by atoms with Crippen LogP contribution in [-0.2, 0) is 6.54 Å². The van der Waals surface area contributed by atoms with Gasteiger partial charge in [-0.1, -0.05) is 69.3 Å². The third-order valence-electron chi connectivity index (χ3n) is 4.13. The van der Waals surface area contributed by atoms with Gasteiger partial charge < -0.3 is 5.32 Å². The summed E-state index contributed by atoms with van der Waals surface area (Å²) in [5.74, 6) is 0. The minimum Gasteiger partial charge on any atom is -0.305 e. The zero-order valence-corrected chi connectivity index (χ0v) is 13.9. The predicted octanol–water partition coefficient (Wildman–Crippen LogP) is 5.18. The first kappa shape index (κ1) is 15.8. The van der Waals surface area contributed by atoms with Crippen LogP contribution >= 0.6 is 0 Å². The molecule has 2 aromatic rings. The zero-order chi connectivity index (χ0) is 15.5. The minimum absolute atomic E-state index is 0.179. The highest BCUT2D eigenvalue weighted by molar-refractivity contribution is 5.33. The highest BCUT2D eigenvalue weighted by Crippen LogP contribution is 2.33. The van der Waals surface area contributed by atoms with Crippen LogP contribution in [0.3, 0.4) is 0 Å². The summed E-state index contributed by atoms with van der Waals surface area (Å²) in [5.41, 5.74) is 5.68. The van der Waals surface area contributed by atoms with Gasteiger partial charge in [0.2, 0.25) is 0 Å². The van der Waals surface area contributed by atoms with Crippen LogP contribution in [0, 0.1) is 19.3 Å². The van der Waals surface area contributed by atoms with Crippen molar-refractivity contribution in [3.05, 3.63) is 70.8 Å². The number of hydrogen-bond acceptors (Lipinski definition) is 1. The van der Waals surface area contributed by atoms with Gasteiger partial charge in [0.25, 0.3) is 0 Å². The fourth-order valence-electron chi connectivity index (χ4n) is 2.90. The SMILES string of the molecule is Cc1cccc(C)c1CNC(c1ccccc1)C(C)(C)C. The van der Waals surface area contributed by atoms with Crippen LogP contribution in [0.2, 0.25) is 0 Å². The Bertz CT molecular complexity index is 558. The van der Waals surface area contributed by atoms with Crippen molar-refractivity contribution >= 4 is 0 Å². The van der Waals surface area contributed by atoms with Gasteiger partial charge in [0.05, 0.1) is 0 Å². The quantitative estimate of drug-likeness (QED) is 0.814. The molecule has 2 aromatic carbocycles. The summed E-state index contributed by atoms with van der Waals surface area (Å²) >= 11 is 0. The van der Waals surface area contributed by atoms with Crippen molar-refractivity contribution in [1.82, 2.24) is 5.32 Å². The molecule has 0 saturated heterocycles. The lowest BCUT2D eigenvalue weighted by Gasteiger charge is -2.32. The average Bonchev–Trinajstić information content (AvgIpc) is 2.42. The summed E-state index contributed by atoms with van der Waals surface area (Å²) in [6, 6.07) is 17.6. The van der Waals surface area contributed by atoms with Gasteiger partial charge in [-0.05, 0) is 41.5 Å². The van der Waals surface area contributed by atoms with Gasteiger partial charge in [-0.3, -0.25) is 0 Å². The predicted molar refractivity (Wildman–Crippen MR) is 91.4 cm³/mol. The Balaban J connectivity index is 2.22. The zero-order valence-electron chi connectivity index (χ0n) is 13.9. The molecule has 0 heterocycles. The normalized spacial score (nSPS) is 13.2. The first-order chi connectivity index (χ1) is 9.89. The lowest BCUT2D eigenvalue weighted by atomic mass is 9.82. The molecule has 1 atom stereocenters. The van der Waals surface area contributed by atoms with E-state index in [0.29, 0.717) is 6.04 Å². The monoisotopic (exact) mass is 281 g/mol. The lowest BCUT2D eigenvalue weighted by molar-refractivity contribution is 0.271. The summed E-state index contributed by atoms with van der Waals surface area (Å²) in [6.45, 7) is 12.2. The molecule has 112 valence electrons. The molecule has 0 aromatic heterocycles. The van der Waals surface area contributed by atoms with Crippen molar-refractivity contribution in [3.8, 4) is 0 Å². The molecule has 0 bridgehead atoms. The van der Waals surface area contributed by atoms with Gasteiger partial charge >= 0.3 is 0 Å². The smallest absolute Gasteiger partial charge is 0.0372 e. The Morgan fingerprint density at radius 3 is 1.95 bits per heavy atom. The second kappa shape index (κ2) is 6.44. The second-order valence-corrected chi connectivity index (χ2v) is 6.96. The van der Waals surface area contributed by atoms with Gasteiger partial charge in [-0.25, -0.2) is 0 Å². The summed E-state index contributed by atoms with van der Waals surface area (Å²) < 4.78 is 0. The van der Waals surface area contributed by atoms with E-state index in [1.54, 1.807) is 0 Å². The summed E-state index contributed by atoms with van der Waals surface area (Å²) in [4.78, 5) is 0. The second-order valence-electron chi connectivity index (χ2n) is 6.96. The van der Waals surface area contributed by atoms with Crippen LogP contribution in [0.25, 0.3) is 0 Å². The maximum atomic E-state index is 3.77. The molecule has 1 nitrogen and oxygen atoms in total. The molecule has 1 unspecified atom stereocenters. The van der Waals surface area contributed by atoms with E-state index < -0.39 is 0 Å². The van der Waals surface area contributed by atoms with Gasteiger partial charge in [0.1, 0.15) is 0 Å². The Hall–Kier alpha value is -1.60. The average molecular weight is 281 g/mol. The molecule has 1 N–H and O–H groups in total. The highest BCUT2D eigenvalue weighted by atomic mass is 14.9. The van der Waals surface area contributed by atoms with E-state index in [1.807, 2.05) is 0 Å². The summed E-state index contributed by atoms with van der Waals surface area (Å²) in [7, 11) is 0. The standard InChI is InChI=1S/C20H27N/c1-15-10-9-11-16(2)18(15)14-21-19(20(3,4)5)17-12-7-6-8-13-17/h6-13,19,21H,14H2,1-5H3. The van der Waals surface area contributed by atoms with E-state index >= 15 is 0 Å². The van der Waals surface area contributed by atoms with Crippen molar-refractivity contribution in [1.29, 1.82) is 0 Å². The van der Waals surface area contributed by atoms with Gasteiger partial charge in [0.15, 0.2) is 0 Å². The lowest BCUT2D eigenvalue weighted by Crippen LogP contribution is -2.32. The van der Waals surface area contributed by atoms with Crippen molar-refractivity contribution in [2.24, 2.45) is 5.41 Å². The van der Waals surface area contributed by atoms with Crippen LogP contribution in [0.1, 0.15) is 49.1 Å². The van der Waals surface area contributed by atoms with Crippen LogP contribution in [-0.4, -0.2) is 0 Å². The number of benzene rings is 2. The Morgan fingerprint density at radius 1 is 0.857 bits per heavy atom. The molecule has 0 fully saturated rings. The molecular formula is C20H27N. The third-order valence-corrected chi connectivity index (χ3v) is 4.13. The molecule has 0 radical (unpaired) electrons. The van der Waals surface area contributed by atoms with Gasteiger partial charge in [-0.15, -0.1) is 0 Å². The van der Waals surface area contributed by atoms with Crippen molar-refractivity contribution in [3.63, 3.8) is 0 Å². The first-order valence-corrected chi connectivity index (χ1v) is 7.73. The molecule has 0 aliphatic rings.